The Kier molecular flexibility index (Phi) is 2.86. The number of amides is 1. The molecule has 0 fully saturated rings. The quantitative estimate of drug-likeness (QED) is 0.666. The van der Waals surface area contributed by atoms with Crippen molar-refractivity contribution in [3.63, 3.8) is 0 Å². The molecule has 0 bridgehead atoms. The summed E-state index contributed by atoms with van der Waals surface area (Å²) in [4.78, 5) is 15.8. The maximum Gasteiger partial charge on any atom is 0.223 e. The van der Waals surface area contributed by atoms with E-state index in [9.17, 15) is 4.79 Å². The summed E-state index contributed by atoms with van der Waals surface area (Å²) in [6.07, 6.45) is 0. The molecule has 0 spiro atoms. The number of carbonyl (C=O) groups is 1. The van der Waals surface area contributed by atoms with Gasteiger partial charge in [0.1, 0.15) is 0 Å². The molecule has 86 valence electrons. The van der Waals surface area contributed by atoms with Gasteiger partial charge in [0.25, 0.3) is 0 Å². The van der Waals surface area contributed by atoms with E-state index in [4.69, 9.17) is 0 Å². The molecule has 0 aliphatic carbocycles. The SMILES string of the molecule is CC(=O)N1CC(C)CN(C)c2ccccc21. The molecule has 0 saturated carbocycles. The fourth-order valence-electron chi connectivity index (χ4n) is 2.35. The van der Waals surface area contributed by atoms with Crippen molar-refractivity contribution in [2.24, 2.45) is 5.92 Å². The average molecular weight is 218 g/mol. The van der Waals surface area contributed by atoms with Gasteiger partial charge in [0.15, 0.2) is 0 Å². The summed E-state index contributed by atoms with van der Waals surface area (Å²) >= 11 is 0. The Morgan fingerprint density at radius 2 is 1.88 bits per heavy atom. The van der Waals surface area contributed by atoms with E-state index in [-0.39, 0.29) is 5.91 Å². The molecular weight excluding hydrogens is 200 g/mol. The molecule has 2 rings (SSSR count). The Morgan fingerprint density at radius 1 is 1.25 bits per heavy atom. The lowest BCUT2D eigenvalue weighted by Crippen LogP contribution is -2.33. The molecule has 1 aromatic carbocycles. The third-order valence-corrected chi connectivity index (χ3v) is 3.04. The average Bonchev–Trinajstić information content (AvgIpc) is 2.37. The van der Waals surface area contributed by atoms with Gasteiger partial charge < -0.3 is 9.80 Å². The number of fused-ring (bicyclic) bond motifs is 1. The lowest BCUT2D eigenvalue weighted by molar-refractivity contribution is -0.116. The second kappa shape index (κ2) is 4.16. The van der Waals surface area contributed by atoms with Crippen molar-refractivity contribution in [2.45, 2.75) is 13.8 Å². The van der Waals surface area contributed by atoms with Gasteiger partial charge in [-0.2, -0.15) is 0 Å². The molecule has 1 aliphatic heterocycles. The number of carbonyl (C=O) groups excluding carboxylic acids is 1. The zero-order valence-electron chi connectivity index (χ0n) is 10.1. The van der Waals surface area contributed by atoms with Crippen LogP contribution in [-0.2, 0) is 4.79 Å². The minimum atomic E-state index is 0.120. The number of nitrogens with zero attached hydrogens (tertiary/aromatic N) is 2. The van der Waals surface area contributed by atoms with Gasteiger partial charge >= 0.3 is 0 Å². The molecular formula is C13H18N2O. The van der Waals surface area contributed by atoms with Crippen LogP contribution in [-0.4, -0.2) is 26.0 Å². The zero-order valence-corrected chi connectivity index (χ0v) is 10.1. The van der Waals surface area contributed by atoms with E-state index in [2.05, 4.69) is 24.9 Å². The van der Waals surface area contributed by atoms with Gasteiger partial charge in [-0.25, -0.2) is 0 Å². The van der Waals surface area contributed by atoms with Gasteiger partial charge in [-0.3, -0.25) is 4.79 Å². The molecule has 1 amide bonds. The maximum absolute atomic E-state index is 11.7. The standard InChI is InChI=1S/C13H18N2O/c1-10-8-14(3)12-6-4-5-7-13(12)15(9-10)11(2)16/h4-7,10H,8-9H2,1-3H3. The third kappa shape index (κ3) is 1.90. The highest BCUT2D eigenvalue weighted by molar-refractivity contribution is 5.95. The lowest BCUT2D eigenvalue weighted by Gasteiger charge is -2.23. The van der Waals surface area contributed by atoms with Gasteiger partial charge in [0, 0.05) is 27.1 Å². The van der Waals surface area contributed by atoms with Crippen LogP contribution in [0.15, 0.2) is 24.3 Å². The van der Waals surface area contributed by atoms with E-state index in [1.807, 2.05) is 23.1 Å². The number of hydrogen-bond acceptors (Lipinski definition) is 2. The fraction of sp³-hybridized carbons (Fsp3) is 0.462. The first kappa shape index (κ1) is 11.0. The van der Waals surface area contributed by atoms with Crippen molar-refractivity contribution in [3.05, 3.63) is 24.3 Å². The highest BCUT2D eigenvalue weighted by Gasteiger charge is 2.24. The van der Waals surface area contributed by atoms with Gasteiger partial charge in [-0.05, 0) is 18.1 Å². The van der Waals surface area contributed by atoms with Crippen LogP contribution in [0.25, 0.3) is 0 Å². The number of anilines is 2. The van der Waals surface area contributed by atoms with Gasteiger partial charge in [-0.15, -0.1) is 0 Å². The molecule has 3 heteroatoms. The number of para-hydroxylation sites is 2. The number of hydrogen-bond donors (Lipinski definition) is 0. The molecule has 3 nitrogen and oxygen atoms in total. The van der Waals surface area contributed by atoms with E-state index in [1.165, 1.54) is 0 Å². The number of benzene rings is 1. The van der Waals surface area contributed by atoms with Crippen molar-refractivity contribution in [1.29, 1.82) is 0 Å². The molecule has 0 saturated heterocycles. The zero-order chi connectivity index (χ0) is 11.7. The second-order valence-corrected chi connectivity index (χ2v) is 4.60. The molecule has 1 heterocycles. The van der Waals surface area contributed by atoms with Crippen LogP contribution in [0.2, 0.25) is 0 Å². The van der Waals surface area contributed by atoms with Crippen LogP contribution in [0.1, 0.15) is 13.8 Å². The Labute approximate surface area is 96.7 Å². The van der Waals surface area contributed by atoms with Gasteiger partial charge in [0.05, 0.1) is 11.4 Å². The Hall–Kier alpha value is -1.51. The van der Waals surface area contributed by atoms with Crippen molar-refractivity contribution < 1.29 is 4.79 Å². The van der Waals surface area contributed by atoms with E-state index in [1.54, 1.807) is 6.92 Å². The first-order valence-electron chi connectivity index (χ1n) is 5.68. The molecule has 1 aliphatic rings. The van der Waals surface area contributed by atoms with Crippen molar-refractivity contribution >= 4 is 17.3 Å². The Morgan fingerprint density at radius 3 is 2.50 bits per heavy atom. The minimum absolute atomic E-state index is 0.120. The molecule has 0 radical (unpaired) electrons. The summed E-state index contributed by atoms with van der Waals surface area (Å²) < 4.78 is 0. The van der Waals surface area contributed by atoms with Crippen LogP contribution >= 0.6 is 0 Å². The van der Waals surface area contributed by atoms with E-state index < -0.39 is 0 Å². The van der Waals surface area contributed by atoms with E-state index >= 15 is 0 Å². The highest BCUT2D eigenvalue weighted by atomic mass is 16.2. The fourth-order valence-corrected chi connectivity index (χ4v) is 2.35. The second-order valence-electron chi connectivity index (χ2n) is 4.60. The third-order valence-electron chi connectivity index (χ3n) is 3.04. The summed E-state index contributed by atoms with van der Waals surface area (Å²) in [6, 6.07) is 8.09. The monoisotopic (exact) mass is 218 g/mol. The minimum Gasteiger partial charge on any atom is -0.373 e. The normalized spacial score (nSPS) is 20.3. The Balaban J connectivity index is 2.48. The van der Waals surface area contributed by atoms with Crippen molar-refractivity contribution in [2.75, 3.05) is 29.9 Å². The largest absolute Gasteiger partial charge is 0.373 e. The highest BCUT2D eigenvalue weighted by Crippen LogP contribution is 2.32. The van der Waals surface area contributed by atoms with Crippen LogP contribution in [0.4, 0.5) is 11.4 Å². The van der Waals surface area contributed by atoms with Gasteiger partial charge in [0.2, 0.25) is 5.91 Å². The van der Waals surface area contributed by atoms with E-state index in [0.29, 0.717) is 5.92 Å². The summed E-state index contributed by atoms with van der Waals surface area (Å²) in [6.45, 7) is 5.60. The lowest BCUT2D eigenvalue weighted by atomic mass is 10.1. The van der Waals surface area contributed by atoms with Crippen LogP contribution in [0.5, 0.6) is 0 Å². The Bertz CT molecular complexity index is 403. The molecule has 1 aromatic rings. The van der Waals surface area contributed by atoms with E-state index in [0.717, 1.165) is 24.5 Å². The van der Waals surface area contributed by atoms with Crippen molar-refractivity contribution in [3.8, 4) is 0 Å². The topological polar surface area (TPSA) is 23.6 Å². The smallest absolute Gasteiger partial charge is 0.223 e. The predicted octanol–water partition coefficient (Wildman–Crippen LogP) is 2.13. The van der Waals surface area contributed by atoms with Crippen LogP contribution < -0.4 is 9.80 Å². The first-order chi connectivity index (χ1) is 7.59. The first-order valence-corrected chi connectivity index (χ1v) is 5.68. The summed E-state index contributed by atoms with van der Waals surface area (Å²) in [7, 11) is 2.08. The van der Waals surface area contributed by atoms with Crippen molar-refractivity contribution in [1.82, 2.24) is 0 Å². The summed E-state index contributed by atoms with van der Waals surface area (Å²) in [5, 5.41) is 0. The number of rotatable bonds is 0. The van der Waals surface area contributed by atoms with Gasteiger partial charge in [-0.1, -0.05) is 19.1 Å². The van der Waals surface area contributed by atoms with Crippen LogP contribution in [0, 0.1) is 5.92 Å². The summed E-state index contributed by atoms with van der Waals surface area (Å²) in [5.41, 5.74) is 2.17. The molecule has 1 atom stereocenters. The summed E-state index contributed by atoms with van der Waals surface area (Å²) in [5.74, 6) is 0.607. The molecule has 0 N–H and O–H groups in total. The molecule has 1 unspecified atom stereocenters. The maximum atomic E-state index is 11.7. The molecule has 16 heavy (non-hydrogen) atoms. The molecule has 0 aromatic heterocycles. The predicted molar refractivity (Wildman–Crippen MR) is 66.9 cm³/mol. The van der Waals surface area contributed by atoms with Crippen LogP contribution in [0.3, 0.4) is 0 Å².